The molecule has 190 valence electrons. The molecular formula is C21H21ClN5O8P. The van der Waals surface area contributed by atoms with Crippen molar-refractivity contribution in [3.05, 3.63) is 41.9 Å². The summed E-state index contributed by atoms with van der Waals surface area (Å²) >= 11 is 6.17. The quantitative estimate of drug-likeness (QED) is 0.107. The van der Waals surface area contributed by atoms with Crippen LogP contribution in [-0.2, 0) is 9.30 Å². The van der Waals surface area contributed by atoms with Crippen LogP contribution in [0.15, 0.2) is 36.7 Å². The second-order valence-corrected chi connectivity index (χ2v) is 10.5. The fourth-order valence-electron chi connectivity index (χ4n) is 4.19. The minimum absolute atomic E-state index is 0.154. The largest absolute Gasteiger partial charge is 0.504 e. The lowest BCUT2D eigenvalue weighted by Gasteiger charge is -2.17. The molecule has 4 unspecified atom stereocenters. The first kappa shape index (κ1) is 24.7. The van der Waals surface area contributed by atoms with Gasteiger partial charge in [-0.05, 0) is 41.6 Å². The number of halogens is 1. The van der Waals surface area contributed by atoms with Crippen LogP contribution in [0.4, 0.5) is 11.5 Å². The van der Waals surface area contributed by atoms with Gasteiger partial charge in [-0.3, -0.25) is 9.13 Å². The molecule has 4 aromatic rings. The van der Waals surface area contributed by atoms with Gasteiger partial charge in [0.15, 0.2) is 34.7 Å². The normalized spacial score (nSPS) is 22.5. The van der Waals surface area contributed by atoms with Crippen molar-refractivity contribution in [1.82, 2.24) is 19.5 Å². The van der Waals surface area contributed by atoms with E-state index >= 15 is 0 Å². The third-order valence-electron chi connectivity index (χ3n) is 5.94. The van der Waals surface area contributed by atoms with Crippen LogP contribution in [-0.4, -0.2) is 74.2 Å². The molecule has 3 heterocycles. The Morgan fingerprint density at radius 2 is 1.86 bits per heavy atom. The van der Waals surface area contributed by atoms with Crippen molar-refractivity contribution in [2.24, 2.45) is 0 Å². The van der Waals surface area contributed by atoms with Gasteiger partial charge >= 0.3 is 7.60 Å². The molecule has 1 fully saturated rings. The topological polar surface area (TPSA) is 203 Å². The van der Waals surface area contributed by atoms with Gasteiger partial charge in [0, 0.05) is 11.1 Å². The van der Waals surface area contributed by atoms with Crippen molar-refractivity contribution in [1.29, 1.82) is 0 Å². The summed E-state index contributed by atoms with van der Waals surface area (Å²) < 4.78 is 18.3. The first-order valence-corrected chi connectivity index (χ1v) is 12.9. The van der Waals surface area contributed by atoms with E-state index in [4.69, 9.17) is 26.1 Å². The molecule has 2 aromatic heterocycles. The number of aromatic nitrogens is 4. The Hall–Kier alpha value is -3.03. The minimum atomic E-state index is -4.32. The molecule has 1 aliphatic rings. The number of anilines is 2. The van der Waals surface area contributed by atoms with Crippen LogP contribution in [0.5, 0.6) is 11.5 Å². The van der Waals surface area contributed by atoms with Gasteiger partial charge in [0.1, 0.15) is 12.2 Å². The zero-order chi connectivity index (χ0) is 25.8. The summed E-state index contributed by atoms with van der Waals surface area (Å²) in [5.41, 5.74) is 0.951. The lowest BCUT2D eigenvalue weighted by atomic mass is 10.1. The molecule has 0 radical (unpaired) electrons. The van der Waals surface area contributed by atoms with E-state index in [9.17, 15) is 25.0 Å². The van der Waals surface area contributed by atoms with Crippen molar-refractivity contribution in [2.75, 3.05) is 11.5 Å². The second kappa shape index (κ2) is 9.12. The molecule has 0 bridgehead atoms. The highest BCUT2D eigenvalue weighted by Crippen LogP contribution is 2.40. The van der Waals surface area contributed by atoms with Gasteiger partial charge in [0.25, 0.3) is 0 Å². The van der Waals surface area contributed by atoms with Crippen molar-refractivity contribution in [2.45, 2.75) is 31.0 Å². The maximum absolute atomic E-state index is 11.2. The first-order chi connectivity index (χ1) is 17.0. The fraction of sp³-hybridized carbons (Fsp3) is 0.286. The predicted octanol–water partition coefficient (Wildman–Crippen LogP) is 1.97. The second-order valence-electron chi connectivity index (χ2n) is 8.38. The lowest BCUT2D eigenvalue weighted by Crippen LogP contribution is -2.31. The molecular weight excluding hydrogens is 517 g/mol. The summed E-state index contributed by atoms with van der Waals surface area (Å²) in [7, 11) is -4.32. The Labute approximate surface area is 207 Å². The van der Waals surface area contributed by atoms with Crippen LogP contribution < -0.4 is 5.32 Å². The maximum atomic E-state index is 11.2. The summed E-state index contributed by atoms with van der Waals surface area (Å²) in [6, 6.07) is 8.03. The third-order valence-corrected chi connectivity index (χ3v) is 6.95. The number of nitrogens with one attached hydrogen (secondary N) is 1. The molecule has 0 saturated carbocycles. The monoisotopic (exact) mass is 537 g/mol. The SMILES string of the molecule is O=P(O)(O)CCC1OC(n2cnc3c(Nc4cccc5cc(O)c(O)cc45)nc(Cl)nc32)C(O)C1O. The molecule has 2 aromatic carbocycles. The number of rotatable bonds is 6. The number of phenolic OH excluding ortho intramolecular Hbond substituents is 2. The molecule has 0 spiro atoms. The number of aliphatic hydroxyl groups excluding tert-OH is 2. The molecule has 1 aliphatic heterocycles. The third kappa shape index (κ3) is 4.58. The molecule has 1 saturated heterocycles. The van der Waals surface area contributed by atoms with Gasteiger partial charge in [-0.2, -0.15) is 9.97 Å². The van der Waals surface area contributed by atoms with E-state index in [1.165, 1.54) is 23.0 Å². The Kier molecular flexibility index (Phi) is 6.25. The number of hydrogen-bond acceptors (Lipinski definition) is 10. The Morgan fingerprint density at radius 3 is 2.61 bits per heavy atom. The smallest absolute Gasteiger partial charge is 0.325 e. The van der Waals surface area contributed by atoms with Gasteiger partial charge in [-0.1, -0.05) is 12.1 Å². The molecule has 13 nitrogen and oxygen atoms in total. The highest BCUT2D eigenvalue weighted by Gasteiger charge is 2.44. The predicted molar refractivity (Wildman–Crippen MR) is 128 cm³/mol. The number of aromatic hydroxyl groups is 2. The Morgan fingerprint density at radius 1 is 1.11 bits per heavy atom. The van der Waals surface area contributed by atoms with Crippen LogP contribution in [0, 0.1) is 0 Å². The average Bonchev–Trinajstić information content (AvgIpc) is 3.34. The number of imidazole rings is 1. The summed E-state index contributed by atoms with van der Waals surface area (Å²) in [5, 5.41) is 44.9. The van der Waals surface area contributed by atoms with Gasteiger partial charge in [0.05, 0.1) is 18.6 Å². The van der Waals surface area contributed by atoms with Crippen molar-refractivity contribution >= 4 is 52.6 Å². The first-order valence-electron chi connectivity index (χ1n) is 10.7. The molecule has 5 rings (SSSR count). The van der Waals surface area contributed by atoms with Crippen molar-refractivity contribution < 1.29 is 39.5 Å². The van der Waals surface area contributed by atoms with Crippen LogP contribution in [0.25, 0.3) is 21.9 Å². The van der Waals surface area contributed by atoms with E-state index in [1.807, 2.05) is 0 Å². The van der Waals surface area contributed by atoms with Gasteiger partial charge in [-0.15, -0.1) is 0 Å². The van der Waals surface area contributed by atoms with Crippen molar-refractivity contribution in [3.63, 3.8) is 0 Å². The summed E-state index contributed by atoms with van der Waals surface area (Å²) in [6.45, 7) is 0. The maximum Gasteiger partial charge on any atom is 0.325 e. The molecule has 7 N–H and O–H groups in total. The number of nitrogens with zero attached hydrogens (tertiary/aromatic N) is 4. The van der Waals surface area contributed by atoms with Gasteiger partial charge in [0.2, 0.25) is 5.28 Å². The van der Waals surface area contributed by atoms with E-state index in [0.29, 0.717) is 16.5 Å². The van der Waals surface area contributed by atoms with Gasteiger partial charge in [-0.25, -0.2) is 4.98 Å². The number of ether oxygens (including phenoxy) is 1. The molecule has 0 amide bonds. The van der Waals surface area contributed by atoms with E-state index in [2.05, 4.69) is 20.3 Å². The fourth-order valence-corrected chi connectivity index (χ4v) is 4.95. The van der Waals surface area contributed by atoms with Crippen LogP contribution in [0.2, 0.25) is 5.28 Å². The highest BCUT2D eigenvalue weighted by molar-refractivity contribution is 7.51. The van der Waals surface area contributed by atoms with Crippen LogP contribution >= 0.6 is 19.2 Å². The summed E-state index contributed by atoms with van der Waals surface area (Å²) in [5.74, 6) is -0.358. The Balaban J connectivity index is 1.50. The van der Waals surface area contributed by atoms with Crippen LogP contribution in [0.3, 0.4) is 0 Å². The summed E-state index contributed by atoms with van der Waals surface area (Å²) in [6.07, 6.45) is -4.36. The van der Waals surface area contributed by atoms with E-state index in [0.717, 1.165) is 0 Å². The van der Waals surface area contributed by atoms with E-state index in [-0.39, 0.29) is 40.2 Å². The van der Waals surface area contributed by atoms with E-state index in [1.54, 1.807) is 18.2 Å². The Bertz CT molecular complexity index is 1510. The standard InChI is InChI=1S/C21H21ClN5O8P/c22-21-25-18(24-11-3-1-2-9-6-12(28)13(29)7-10(9)11)15-19(26-21)27(8-23-15)20-17(31)16(30)14(35-20)4-5-36(32,33)34/h1-3,6-8,14,16-17,20,28-31H,4-5H2,(H,24,25,26)(H2,32,33,34). The zero-order valence-corrected chi connectivity index (χ0v) is 20.0. The van der Waals surface area contributed by atoms with Crippen molar-refractivity contribution in [3.8, 4) is 11.5 Å². The number of benzene rings is 2. The number of fused-ring (bicyclic) bond motifs is 2. The van der Waals surface area contributed by atoms with Crippen LogP contribution in [0.1, 0.15) is 12.6 Å². The molecule has 0 aliphatic carbocycles. The number of hydrogen-bond donors (Lipinski definition) is 7. The lowest BCUT2D eigenvalue weighted by molar-refractivity contribution is -0.0355. The number of aliphatic hydroxyl groups is 2. The van der Waals surface area contributed by atoms with Gasteiger partial charge < -0.3 is 40.3 Å². The molecule has 36 heavy (non-hydrogen) atoms. The molecule has 4 atom stereocenters. The average molecular weight is 538 g/mol. The number of phenols is 2. The highest BCUT2D eigenvalue weighted by atomic mass is 35.5. The minimum Gasteiger partial charge on any atom is -0.504 e. The molecule has 15 heteroatoms. The summed E-state index contributed by atoms with van der Waals surface area (Å²) in [4.78, 5) is 31.0. The van der Waals surface area contributed by atoms with E-state index < -0.39 is 38.3 Å². The zero-order valence-electron chi connectivity index (χ0n) is 18.3.